The number of pyridine rings is 1. The Balaban J connectivity index is 1.63. The molecule has 0 saturated carbocycles. The summed E-state index contributed by atoms with van der Waals surface area (Å²) in [6.45, 7) is 0.305. The highest BCUT2D eigenvalue weighted by atomic mass is 79.9. The zero-order chi connectivity index (χ0) is 17.6. The number of ether oxygens (including phenoxy) is 1. The predicted octanol–water partition coefficient (Wildman–Crippen LogP) is 4.04. The number of nitrogens with one attached hydrogen (secondary N) is 1. The standard InChI is InChI=1S/C18H17BrN4O2/c1-23-17(15(12-21-23)16-8-7-14(19)11-20-16)22-18(24)25-10-9-13-5-3-2-4-6-13/h2-8,11-12H,9-10H2,1H3,(H,22,24). The van der Waals surface area contributed by atoms with Crippen LogP contribution in [-0.4, -0.2) is 27.5 Å². The smallest absolute Gasteiger partial charge is 0.412 e. The topological polar surface area (TPSA) is 69.0 Å². The normalized spacial score (nSPS) is 10.5. The van der Waals surface area contributed by atoms with Crippen LogP contribution < -0.4 is 5.32 Å². The van der Waals surface area contributed by atoms with E-state index in [0.717, 1.165) is 21.3 Å². The van der Waals surface area contributed by atoms with Crippen molar-refractivity contribution < 1.29 is 9.53 Å². The number of benzene rings is 1. The number of hydrogen-bond acceptors (Lipinski definition) is 4. The van der Waals surface area contributed by atoms with Gasteiger partial charge >= 0.3 is 6.09 Å². The minimum Gasteiger partial charge on any atom is -0.449 e. The number of carbonyl (C=O) groups excluding carboxylic acids is 1. The van der Waals surface area contributed by atoms with Gasteiger partial charge in [-0.3, -0.25) is 15.0 Å². The van der Waals surface area contributed by atoms with E-state index in [1.165, 1.54) is 0 Å². The number of amides is 1. The van der Waals surface area contributed by atoms with Crippen molar-refractivity contribution in [3.05, 3.63) is 64.9 Å². The van der Waals surface area contributed by atoms with Crippen LogP contribution in [0.5, 0.6) is 0 Å². The van der Waals surface area contributed by atoms with Crippen LogP contribution in [0, 0.1) is 0 Å². The van der Waals surface area contributed by atoms with Gasteiger partial charge < -0.3 is 4.74 Å². The van der Waals surface area contributed by atoms with Crippen LogP contribution in [0.15, 0.2) is 59.3 Å². The van der Waals surface area contributed by atoms with Gasteiger partial charge in [-0.1, -0.05) is 30.3 Å². The van der Waals surface area contributed by atoms with Crippen LogP contribution in [0.4, 0.5) is 10.6 Å². The minimum atomic E-state index is -0.516. The molecule has 0 spiro atoms. The van der Waals surface area contributed by atoms with E-state index < -0.39 is 6.09 Å². The van der Waals surface area contributed by atoms with Crippen molar-refractivity contribution in [1.82, 2.24) is 14.8 Å². The number of halogens is 1. The fourth-order valence-electron chi connectivity index (χ4n) is 2.35. The number of carbonyl (C=O) groups is 1. The lowest BCUT2D eigenvalue weighted by atomic mass is 10.2. The number of rotatable bonds is 5. The van der Waals surface area contributed by atoms with Gasteiger partial charge in [-0.05, 0) is 33.6 Å². The van der Waals surface area contributed by atoms with Crippen molar-refractivity contribution in [3.63, 3.8) is 0 Å². The molecule has 0 aliphatic rings. The van der Waals surface area contributed by atoms with Crippen LogP contribution in [0.1, 0.15) is 5.56 Å². The largest absolute Gasteiger partial charge is 0.449 e. The SMILES string of the molecule is Cn1ncc(-c2ccc(Br)cn2)c1NC(=O)OCCc1ccccc1. The van der Waals surface area contributed by atoms with Crippen molar-refractivity contribution in [3.8, 4) is 11.3 Å². The Morgan fingerprint density at radius 1 is 1.20 bits per heavy atom. The van der Waals surface area contributed by atoms with Crippen LogP contribution in [0.25, 0.3) is 11.3 Å². The first-order valence-electron chi connectivity index (χ1n) is 7.75. The van der Waals surface area contributed by atoms with E-state index in [2.05, 4.69) is 31.3 Å². The van der Waals surface area contributed by atoms with Gasteiger partial charge in [-0.25, -0.2) is 4.79 Å². The van der Waals surface area contributed by atoms with E-state index in [4.69, 9.17) is 4.74 Å². The molecule has 3 aromatic rings. The summed E-state index contributed by atoms with van der Waals surface area (Å²) in [6, 6.07) is 13.6. The molecule has 0 aliphatic heterocycles. The molecule has 3 rings (SSSR count). The van der Waals surface area contributed by atoms with Crippen molar-refractivity contribution in [1.29, 1.82) is 0 Å². The van der Waals surface area contributed by atoms with E-state index in [-0.39, 0.29) is 0 Å². The minimum absolute atomic E-state index is 0.305. The molecule has 6 nitrogen and oxygen atoms in total. The van der Waals surface area contributed by atoms with Crippen LogP contribution in [0.3, 0.4) is 0 Å². The second kappa shape index (κ2) is 7.94. The molecule has 25 heavy (non-hydrogen) atoms. The maximum Gasteiger partial charge on any atom is 0.412 e. The highest BCUT2D eigenvalue weighted by Crippen LogP contribution is 2.26. The van der Waals surface area contributed by atoms with Crippen molar-refractivity contribution in [2.24, 2.45) is 7.05 Å². The molecule has 0 atom stereocenters. The molecule has 0 saturated heterocycles. The second-order valence-corrected chi connectivity index (χ2v) is 6.30. The number of hydrogen-bond donors (Lipinski definition) is 1. The average Bonchev–Trinajstić information content (AvgIpc) is 2.97. The number of aryl methyl sites for hydroxylation is 1. The Bertz CT molecular complexity index is 847. The van der Waals surface area contributed by atoms with Crippen LogP contribution in [0.2, 0.25) is 0 Å². The lowest BCUT2D eigenvalue weighted by Crippen LogP contribution is -2.18. The predicted molar refractivity (Wildman–Crippen MR) is 99.3 cm³/mol. The summed E-state index contributed by atoms with van der Waals surface area (Å²) < 4.78 is 7.73. The van der Waals surface area contributed by atoms with Gasteiger partial charge in [0.1, 0.15) is 5.82 Å². The molecule has 0 radical (unpaired) electrons. The highest BCUT2D eigenvalue weighted by Gasteiger charge is 2.15. The Hall–Kier alpha value is -2.67. The number of aromatic nitrogens is 3. The highest BCUT2D eigenvalue weighted by molar-refractivity contribution is 9.10. The summed E-state index contributed by atoms with van der Waals surface area (Å²) in [5.74, 6) is 0.541. The molecule has 0 fully saturated rings. The maximum absolute atomic E-state index is 12.1. The molecule has 2 heterocycles. The van der Waals surface area contributed by atoms with Gasteiger partial charge in [0.15, 0.2) is 0 Å². The van der Waals surface area contributed by atoms with Gasteiger partial charge in [-0.2, -0.15) is 5.10 Å². The third-order valence-electron chi connectivity index (χ3n) is 3.63. The lowest BCUT2D eigenvalue weighted by molar-refractivity contribution is 0.163. The third-order valence-corrected chi connectivity index (χ3v) is 4.10. The van der Waals surface area contributed by atoms with Gasteiger partial charge in [0.2, 0.25) is 0 Å². The van der Waals surface area contributed by atoms with Gasteiger partial charge in [0, 0.05) is 24.1 Å². The van der Waals surface area contributed by atoms with Crippen molar-refractivity contribution in [2.75, 3.05) is 11.9 Å². The van der Waals surface area contributed by atoms with Gasteiger partial charge in [0.05, 0.1) is 24.1 Å². The summed E-state index contributed by atoms with van der Waals surface area (Å²) in [4.78, 5) is 16.4. The van der Waals surface area contributed by atoms with E-state index >= 15 is 0 Å². The second-order valence-electron chi connectivity index (χ2n) is 5.39. The molecular formula is C18H17BrN4O2. The maximum atomic E-state index is 12.1. The molecule has 0 bridgehead atoms. The van der Waals surface area contributed by atoms with E-state index in [1.807, 2.05) is 42.5 Å². The summed E-state index contributed by atoms with van der Waals surface area (Å²) in [5, 5.41) is 6.94. The summed E-state index contributed by atoms with van der Waals surface area (Å²) in [7, 11) is 1.75. The first-order chi connectivity index (χ1) is 12.1. The quantitative estimate of drug-likeness (QED) is 0.701. The molecule has 7 heteroatoms. The van der Waals surface area contributed by atoms with E-state index in [1.54, 1.807) is 24.1 Å². The summed E-state index contributed by atoms with van der Waals surface area (Å²) >= 11 is 3.36. The molecular weight excluding hydrogens is 384 g/mol. The van der Waals surface area contributed by atoms with E-state index in [0.29, 0.717) is 18.8 Å². The average molecular weight is 401 g/mol. The molecule has 0 unspecified atom stereocenters. The van der Waals surface area contributed by atoms with Gasteiger partial charge in [-0.15, -0.1) is 0 Å². The summed E-state index contributed by atoms with van der Waals surface area (Å²) in [5.41, 5.74) is 2.57. The fraction of sp³-hybridized carbons (Fsp3) is 0.167. The zero-order valence-electron chi connectivity index (χ0n) is 13.6. The molecule has 2 aromatic heterocycles. The lowest BCUT2D eigenvalue weighted by Gasteiger charge is -2.09. The third kappa shape index (κ3) is 4.45. The molecule has 1 amide bonds. The van der Waals surface area contributed by atoms with E-state index in [9.17, 15) is 4.79 Å². The number of anilines is 1. The Morgan fingerprint density at radius 2 is 2.00 bits per heavy atom. The van der Waals surface area contributed by atoms with Crippen molar-refractivity contribution >= 4 is 27.8 Å². The monoisotopic (exact) mass is 400 g/mol. The first-order valence-corrected chi connectivity index (χ1v) is 8.54. The molecule has 1 aromatic carbocycles. The van der Waals surface area contributed by atoms with Crippen LogP contribution in [-0.2, 0) is 18.2 Å². The van der Waals surface area contributed by atoms with Crippen LogP contribution >= 0.6 is 15.9 Å². The number of nitrogens with zero attached hydrogens (tertiary/aromatic N) is 3. The van der Waals surface area contributed by atoms with Gasteiger partial charge in [0.25, 0.3) is 0 Å². The fourth-order valence-corrected chi connectivity index (χ4v) is 2.58. The Morgan fingerprint density at radius 3 is 2.72 bits per heavy atom. The first kappa shape index (κ1) is 17.2. The molecule has 0 aliphatic carbocycles. The Labute approximate surface area is 154 Å². The van der Waals surface area contributed by atoms with Crippen molar-refractivity contribution in [2.45, 2.75) is 6.42 Å². The molecule has 1 N–H and O–H groups in total. The summed E-state index contributed by atoms with van der Waals surface area (Å²) in [6.07, 6.45) is 3.51. The Kier molecular flexibility index (Phi) is 5.45. The zero-order valence-corrected chi connectivity index (χ0v) is 15.2. The molecule has 128 valence electrons.